The van der Waals surface area contributed by atoms with Gasteiger partial charge in [-0.1, -0.05) is 128 Å². The van der Waals surface area contributed by atoms with E-state index in [0.29, 0.717) is 0 Å². The molecule has 2 N–H and O–H groups in total. The summed E-state index contributed by atoms with van der Waals surface area (Å²) in [5.41, 5.74) is 13.0. The van der Waals surface area contributed by atoms with Gasteiger partial charge in [-0.3, -0.25) is 0 Å². The lowest BCUT2D eigenvalue weighted by Crippen LogP contribution is -2.26. The van der Waals surface area contributed by atoms with Gasteiger partial charge in [0.2, 0.25) is 0 Å². The SMILES string of the molecule is CCCCCN1C=CC=CC1c1c2nc(c(C3C=CC=CN3CCCCC)c3ccc([nH]3)c(C3C=CC=CN3CCCCC)c3ccc([nH]3)c(C3C=CC=CN3CCCCC)c3nc1C=C3)C=C2. The standard InChI is InChI=1S/C60H74N8/c1-5-9-17-37-65-41-21-13-25-53(65)57-45-29-31-47(61-45)58(54-26-14-22-42-66(54)38-18-10-6-2)49-33-35-51(63-49)60(56-28-16-24-44-68(56)40-20-12-8-4)52-36-34-50(64-52)59(48-32-30-46(57)62-48)55-27-15-23-43-67(55)39-19-11-7-3/h13-16,21-36,41-44,53-56,61-62H,5-12,17-20,37-40H2,1-4H3. The first kappa shape index (κ1) is 46.8. The third-order valence-corrected chi connectivity index (χ3v) is 14.3. The third-order valence-electron chi connectivity index (χ3n) is 14.3. The van der Waals surface area contributed by atoms with Crippen molar-refractivity contribution in [2.24, 2.45) is 0 Å². The molecule has 4 unspecified atom stereocenters. The molecule has 0 amide bonds. The molecule has 3 aromatic rings. The second-order valence-electron chi connectivity index (χ2n) is 19.1. The highest BCUT2D eigenvalue weighted by atomic mass is 15.2. The summed E-state index contributed by atoms with van der Waals surface area (Å²) in [4.78, 5) is 29.7. The number of H-pyrrole nitrogens is 2. The molecule has 0 radical (unpaired) electrons. The number of aromatic amines is 2. The molecule has 8 nitrogen and oxygen atoms in total. The van der Waals surface area contributed by atoms with Crippen LogP contribution < -0.4 is 0 Å². The third kappa shape index (κ3) is 10.3. The molecular formula is C60H74N8. The first-order valence-electron chi connectivity index (χ1n) is 26.2. The number of aromatic nitrogens is 4. The number of rotatable bonds is 20. The van der Waals surface area contributed by atoms with Crippen LogP contribution in [0.3, 0.4) is 0 Å². The quantitative estimate of drug-likeness (QED) is 0.0758. The van der Waals surface area contributed by atoms with Crippen LogP contribution in [0, 0.1) is 0 Å². The summed E-state index contributed by atoms with van der Waals surface area (Å²) in [5.74, 6) is 0. The van der Waals surface area contributed by atoms with E-state index in [1.54, 1.807) is 0 Å². The van der Waals surface area contributed by atoms with E-state index in [9.17, 15) is 0 Å². The summed E-state index contributed by atoms with van der Waals surface area (Å²) in [6.07, 6.45) is 59.3. The van der Waals surface area contributed by atoms with Crippen molar-refractivity contribution in [3.8, 4) is 0 Å². The Kier molecular flexibility index (Phi) is 15.6. The summed E-state index contributed by atoms with van der Waals surface area (Å²) in [5, 5.41) is 0. The van der Waals surface area contributed by atoms with Gasteiger partial charge in [-0.15, -0.1) is 0 Å². The van der Waals surface area contributed by atoms with Crippen LogP contribution in [-0.4, -0.2) is 65.7 Å². The zero-order valence-corrected chi connectivity index (χ0v) is 41.2. The van der Waals surface area contributed by atoms with Gasteiger partial charge in [-0.2, -0.15) is 0 Å². The Bertz CT molecular complexity index is 2570. The van der Waals surface area contributed by atoms with E-state index < -0.39 is 0 Å². The van der Waals surface area contributed by atoms with Crippen LogP contribution in [0.1, 0.15) is 174 Å². The zero-order valence-electron chi connectivity index (χ0n) is 41.2. The fourth-order valence-electron chi connectivity index (χ4n) is 10.8. The lowest BCUT2D eigenvalue weighted by Gasteiger charge is -2.32. The Balaban J connectivity index is 1.35. The maximum absolute atomic E-state index is 5.74. The Morgan fingerprint density at radius 3 is 0.956 bits per heavy atom. The molecule has 9 heterocycles. The van der Waals surface area contributed by atoms with E-state index in [4.69, 9.17) is 9.97 Å². The van der Waals surface area contributed by atoms with Gasteiger partial charge >= 0.3 is 0 Å². The second kappa shape index (κ2) is 22.7. The molecule has 68 heavy (non-hydrogen) atoms. The van der Waals surface area contributed by atoms with Crippen LogP contribution in [0.15, 0.2) is 122 Å². The van der Waals surface area contributed by atoms with Gasteiger partial charge in [-0.05, 0) is 123 Å². The molecule has 6 aliphatic heterocycles. The van der Waals surface area contributed by atoms with Crippen LogP contribution in [-0.2, 0) is 0 Å². The Morgan fingerprint density at radius 1 is 0.353 bits per heavy atom. The normalized spacial score (nSPS) is 20.3. The lowest BCUT2D eigenvalue weighted by molar-refractivity contribution is 0.311. The Hall–Kier alpha value is -6.28. The van der Waals surface area contributed by atoms with E-state index in [1.807, 2.05) is 0 Å². The molecule has 354 valence electrons. The number of nitrogens with one attached hydrogen (secondary N) is 2. The van der Waals surface area contributed by atoms with E-state index in [-0.39, 0.29) is 24.2 Å². The predicted octanol–water partition coefficient (Wildman–Crippen LogP) is 15.1. The molecule has 0 saturated carbocycles. The summed E-state index contributed by atoms with van der Waals surface area (Å²) in [6, 6.07) is 9.25. The van der Waals surface area contributed by atoms with Gasteiger partial charge in [0, 0.05) is 70.5 Å². The van der Waals surface area contributed by atoms with Crippen molar-refractivity contribution in [2.75, 3.05) is 26.2 Å². The molecule has 0 aliphatic carbocycles. The van der Waals surface area contributed by atoms with Gasteiger partial charge in [0.1, 0.15) is 0 Å². The predicted molar refractivity (Wildman–Crippen MR) is 288 cm³/mol. The zero-order chi connectivity index (χ0) is 46.7. The minimum absolute atomic E-state index is 0.00114. The number of fused-ring (bicyclic) bond motifs is 8. The van der Waals surface area contributed by atoms with Crippen LogP contribution in [0.4, 0.5) is 0 Å². The van der Waals surface area contributed by atoms with Gasteiger partial charge in [0.05, 0.1) is 46.9 Å². The average Bonchev–Trinajstić information content (AvgIpc) is 4.22. The minimum atomic E-state index is -0.0246. The van der Waals surface area contributed by atoms with Crippen LogP contribution in [0.25, 0.3) is 46.4 Å². The van der Waals surface area contributed by atoms with E-state index >= 15 is 0 Å². The molecular weight excluding hydrogens is 833 g/mol. The monoisotopic (exact) mass is 907 g/mol. The van der Waals surface area contributed by atoms with Crippen molar-refractivity contribution in [1.29, 1.82) is 0 Å². The molecule has 6 aliphatic rings. The first-order chi connectivity index (χ1) is 33.6. The fourth-order valence-corrected chi connectivity index (χ4v) is 10.8. The number of hydrogen-bond acceptors (Lipinski definition) is 6. The van der Waals surface area contributed by atoms with E-state index in [2.05, 4.69) is 204 Å². The molecule has 9 rings (SSSR count). The van der Waals surface area contributed by atoms with Crippen molar-refractivity contribution in [1.82, 2.24) is 39.5 Å². The molecule has 4 atom stereocenters. The molecule has 0 fully saturated rings. The van der Waals surface area contributed by atoms with Gasteiger partial charge < -0.3 is 29.6 Å². The molecule has 0 spiro atoms. The number of unbranched alkanes of at least 4 members (excludes halogenated alkanes) is 8. The Labute approximate surface area is 406 Å². The van der Waals surface area contributed by atoms with Crippen molar-refractivity contribution in [3.05, 3.63) is 167 Å². The van der Waals surface area contributed by atoms with Crippen LogP contribution in [0.2, 0.25) is 0 Å². The van der Waals surface area contributed by atoms with E-state index in [1.165, 1.54) is 68.1 Å². The average molecular weight is 907 g/mol. The molecule has 0 aromatic carbocycles. The lowest BCUT2D eigenvalue weighted by atomic mass is 9.99. The van der Waals surface area contributed by atoms with Crippen LogP contribution >= 0.6 is 0 Å². The minimum Gasteiger partial charge on any atom is -0.367 e. The molecule has 0 saturated heterocycles. The Morgan fingerprint density at radius 2 is 0.632 bits per heavy atom. The summed E-state index contributed by atoms with van der Waals surface area (Å²) < 4.78 is 0. The van der Waals surface area contributed by atoms with Crippen molar-refractivity contribution in [3.63, 3.8) is 0 Å². The summed E-state index contributed by atoms with van der Waals surface area (Å²) in [6.45, 7) is 13.0. The number of allylic oxidation sites excluding steroid dienone is 8. The van der Waals surface area contributed by atoms with Crippen molar-refractivity contribution in [2.45, 2.75) is 129 Å². The maximum Gasteiger partial charge on any atom is 0.0766 e. The topological polar surface area (TPSA) is 70.3 Å². The molecule has 3 aromatic heterocycles. The largest absolute Gasteiger partial charge is 0.367 e. The van der Waals surface area contributed by atoms with Crippen molar-refractivity contribution >= 4 is 46.4 Å². The van der Waals surface area contributed by atoms with Gasteiger partial charge in [-0.25, -0.2) is 9.97 Å². The number of hydrogen-bond donors (Lipinski definition) is 2. The van der Waals surface area contributed by atoms with E-state index in [0.717, 1.165) is 102 Å². The number of nitrogens with zero attached hydrogens (tertiary/aromatic N) is 6. The smallest absolute Gasteiger partial charge is 0.0766 e. The fraction of sp³-hybridized carbons (Fsp3) is 0.400. The highest BCUT2D eigenvalue weighted by molar-refractivity contribution is 5.85. The van der Waals surface area contributed by atoms with Gasteiger partial charge in [0.15, 0.2) is 0 Å². The first-order valence-corrected chi connectivity index (χ1v) is 26.2. The van der Waals surface area contributed by atoms with Crippen molar-refractivity contribution < 1.29 is 0 Å². The summed E-state index contributed by atoms with van der Waals surface area (Å²) in [7, 11) is 0. The maximum atomic E-state index is 5.74. The molecule has 8 bridgehead atoms. The highest BCUT2D eigenvalue weighted by Crippen LogP contribution is 2.40. The second-order valence-corrected chi connectivity index (χ2v) is 19.1. The highest BCUT2D eigenvalue weighted by Gasteiger charge is 2.30. The molecule has 8 heteroatoms. The van der Waals surface area contributed by atoms with Crippen LogP contribution in [0.5, 0.6) is 0 Å². The summed E-state index contributed by atoms with van der Waals surface area (Å²) >= 11 is 0. The van der Waals surface area contributed by atoms with Gasteiger partial charge in [0.25, 0.3) is 0 Å².